The molecule has 2 aliphatic rings. The van der Waals surface area contributed by atoms with Gasteiger partial charge in [0.05, 0.1) is 6.04 Å². The molecule has 3 heterocycles. The van der Waals surface area contributed by atoms with E-state index in [1.807, 2.05) is 18.2 Å². The molecule has 0 bridgehead atoms. The van der Waals surface area contributed by atoms with Gasteiger partial charge in [-0.25, -0.2) is 0 Å². The molecule has 1 saturated heterocycles. The number of rotatable bonds is 6. The highest BCUT2D eigenvalue weighted by Crippen LogP contribution is 2.32. The molecule has 1 atom stereocenters. The summed E-state index contributed by atoms with van der Waals surface area (Å²) < 4.78 is 10.6. The number of benzene rings is 1. The first-order valence-electron chi connectivity index (χ1n) is 8.41. The van der Waals surface area contributed by atoms with Crippen LogP contribution in [0.1, 0.15) is 23.6 Å². The zero-order valence-corrected chi connectivity index (χ0v) is 14.6. The van der Waals surface area contributed by atoms with Gasteiger partial charge in [0.15, 0.2) is 11.5 Å². The lowest BCUT2D eigenvalue weighted by atomic mass is 10.0. The van der Waals surface area contributed by atoms with Gasteiger partial charge < -0.3 is 14.8 Å². The van der Waals surface area contributed by atoms with Crippen LogP contribution in [-0.2, 0) is 4.79 Å². The van der Waals surface area contributed by atoms with Crippen LogP contribution in [0.2, 0.25) is 0 Å². The van der Waals surface area contributed by atoms with E-state index in [0.717, 1.165) is 30.2 Å². The molecule has 1 N–H and O–H groups in total. The maximum atomic E-state index is 12.2. The van der Waals surface area contributed by atoms with Crippen molar-refractivity contribution in [3.63, 3.8) is 0 Å². The van der Waals surface area contributed by atoms with Gasteiger partial charge in [0.1, 0.15) is 0 Å². The summed E-state index contributed by atoms with van der Waals surface area (Å²) in [7, 11) is 0. The average Bonchev–Trinajstić information content (AvgIpc) is 3.25. The fourth-order valence-electron chi connectivity index (χ4n) is 3.02. The van der Waals surface area contributed by atoms with Gasteiger partial charge in [-0.2, -0.15) is 11.3 Å². The van der Waals surface area contributed by atoms with E-state index < -0.39 is 0 Å². The van der Waals surface area contributed by atoms with Crippen molar-refractivity contribution in [3.8, 4) is 11.5 Å². The van der Waals surface area contributed by atoms with Crippen LogP contribution >= 0.6 is 11.3 Å². The Morgan fingerprint density at radius 2 is 2.16 bits per heavy atom. The van der Waals surface area contributed by atoms with E-state index in [-0.39, 0.29) is 18.7 Å². The van der Waals surface area contributed by atoms with E-state index in [1.54, 1.807) is 23.5 Å². The number of carbonyl (C=O) groups is 1. The second kappa shape index (κ2) is 7.29. The van der Waals surface area contributed by atoms with Crippen LogP contribution in [0.3, 0.4) is 0 Å². The molecule has 6 heteroatoms. The van der Waals surface area contributed by atoms with Gasteiger partial charge in [0, 0.05) is 25.7 Å². The summed E-state index contributed by atoms with van der Waals surface area (Å²) in [6.07, 6.45) is 4.59. The van der Waals surface area contributed by atoms with Crippen LogP contribution in [0, 0.1) is 0 Å². The largest absolute Gasteiger partial charge is 0.454 e. The number of nitrogens with zero attached hydrogens (tertiary/aromatic N) is 1. The fourth-order valence-corrected chi connectivity index (χ4v) is 3.73. The zero-order valence-electron chi connectivity index (χ0n) is 13.8. The molecular weight excluding hydrogens is 336 g/mol. The SMILES string of the molecule is O=C(/C=C/c1ccc2c(c1)OCO2)NC[C@H](c1ccsc1)N1CCC1. The predicted molar refractivity (Wildman–Crippen MR) is 97.9 cm³/mol. The Balaban J connectivity index is 1.35. The van der Waals surface area contributed by atoms with Crippen LogP contribution in [0.5, 0.6) is 11.5 Å². The molecule has 1 fully saturated rings. The van der Waals surface area contributed by atoms with Crippen LogP contribution in [0.25, 0.3) is 6.08 Å². The molecule has 0 unspecified atom stereocenters. The molecule has 1 aromatic heterocycles. The minimum absolute atomic E-state index is 0.0848. The van der Waals surface area contributed by atoms with Crippen molar-refractivity contribution >= 4 is 23.3 Å². The molecule has 0 aliphatic carbocycles. The molecule has 4 rings (SSSR count). The summed E-state index contributed by atoms with van der Waals surface area (Å²) in [5.41, 5.74) is 2.20. The monoisotopic (exact) mass is 356 g/mol. The highest BCUT2D eigenvalue weighted by molar-refractivity contribution is 7.07. The Hall–Kier alpha value is -2.31. The van der Waals surface area contributed by atoms with E-state index in [9.17, 15) is 4.79 Å². The third-order valence-corrected chi connectivity index (χ3v) is 5.25. The molecule has 0 saturated carbocycles. The third-order valence-electron chi connectivity index (χ3n) is 4.55. The first kappa shape index (κ1) is 16.2. The second-order valence-corrected chi connectivity index (χ2v) is 6.93. The first-order chi connectivity index (χ1) is 12.3. The summed E-state index contributed by atoms with van der Waals surface area (Å²) in [5.74, 6) is 1.38. The average molecular weight is 356 g/mol. The number of carbonyl (C=O) groups excluding carboxylic acids is 1. The zero-order chi connectivity index (χ0) is 17.1. The Morgan fingerprint density at radius 3 is 2.92 bits per heavy atom. The second-order valence-electron chi connectivity index (χ2n) is 6.15. The summed E-state index contributed by atoms with van der Waals surface area (Å²) >= 11 is 1.70. The molecule has 0 radical (unpaired) electrons. The minimum atomic E-state index is -0.0848. The topological polar surface area (TPSA) is 50.8 Å². The van der Waals surface area contributed by atoms with Crippen molar-refractivity contribution in [2.45, 2.75) is 12.5 Å². The van der Waals surface area contributed by atoms with Gasteiger partial charge >= 0.3 is 0 Å². The van der Waals surface area contributed by atoms with Gasteiger partial charge in [0.2, 0.25) is 12.7 Å². The number of fused-ring (bicyclic) bond motifs is 1. The first-order valence-corrected chi connectivity index (χ1v) is 9.35. The fraction of sp³-hybridized carbons (Fsp3) is 0.316. The van der Waals surface area contributed by atoms with Crippen LogP contribution in [0.15, 0.2) is 41.1 Å². The standard InChI is InChI=1S/C19H20N2O3S/c22-19(5-3-14-2-4-17-18(10-14)24-13-23-17)20-11-16(21-7-1-8-21)15-6-9-25-12-15/h2-6,9-10,12,16H,1,7-8,11,13H2,(H,20,22)/b5-3+/t16-/m1/s1. The molecule has 25 heavy (non-hydrogen) atoms. The Morgan fingerprint density at radius 1 is 1.28 bits per heavy atom. The van der Waals surface area contributed by atoms with E-state index in [0.29, 0.717) is 6.54 Å². The van der Waals surface area contributed by atoms with Crippen molar-refractivity contribution in [1.29, 1.82) is 0 Å². The normalized spacial score (nSPS) is 17.4. The molecule has 2 aliphatic heterocycles. The summed E-state index contributed by atoms with van der Waals surface area (Å²) in [5, 5.41) is 7.28. The number of hydrogen-bond acceptors (Lipinski definition) is 5. The molecule has 2 aromatic rings. The summed E-state index contributed by atoms with van der Waals surface area (Å²) in [4.78, 5) is 14.6. The highest BCUT2D eigenvalue weighted by Gasteiger charge is 2.25. The quantitative estimate of drug-likeness (QED) is 0.809. The van der Waals surface area contributed by atoms with Crippen molar-refractivity contribution in [2.24, 2.45) is 0 Å². The number of likely N-dealkylation sites (tertiary alicyclic amines) is 1. The Kier molecular flexibility index (Phi) is 4.72. The Bertz CT molecular complexity index is 769. The van der Waals surface area contributed by atoms with Crippen LogP contribution < -0.4 is 14.8 Å². The summed E-state index contributed by atoms with van der Waals surface area (Å²) in [6, 6.07) is 8.05. The smallest absolute Gasteiger partial charge is 0.244 e. The molecular formula is C19H20N2O3S. The number of nitrogens with one attached hydrogen (secondary N) is 1. The lowest BCUT2D eigenvalue weighted by Gasteiger charge is -2.38. The summed E-state index contributed by atoms with van der Waals surface area (Å²) in [6.45, 7) is 3.08. The van der Waals surface area contributed by atoms with Crippen molar-refractivity contribution in [3.05, 3.63) is 52.2 Å². The van der Waals surface area contributed by atoms with E-state index in [1.165, 1.54) is 12.0 Å². The predicted octanol–water partition coefficient (Wildman–Crippen LogP) is 3.05. The van der Waals surface area contributed by atoms with E-state index in [2.05, 4.69) is 27.0 Å². The van der Waals surface area contributed by atoms with Crippen molar-refractivity contribution < 1.29 is 14.3 Å². The van der Waals surface area contributed by atoms with Crippen LogP contribution in [0.4, 0.5) is 0 Å². The highest BCUT2D eigenvalue weighted by atomic mass is 32.1. The minimum Gasteiger partial charge on any atom is -0.454 e. The van der Waals surface area contributed by atoms with Gasteiger partial charge in [-0.1, -0.05) is 6.07 Å². The maximum Gasteiger partial charge on any atom is 0.244 e. The molecule has 5 nitrogen and oxygen atoms in total. The van der Waals surface area contributed by atoms with Gasteiger partial charge in [-0.15, -0.1) is 0 Å². The molecule has 0 spiro atoms. The van der Waals surface area contributed by atoms with Crippen molar-refractivity contribution in [1.82, 2.24) is 10.2 Å². The lowest BCUT2D eigenvalue weighted by Crippen LogP contribution is -2.44. The van der Waals surface area contributed by atoms with Gasteiger partial charge in [-0.3, -0.25) is 9.69 Å². The molecule has 1 aromatic carbocycles. The number of amides is 1. The van der Waals surface area contributed by atoms with E-state index >= 15 is 0 Å². The van der Waals surface area contributed by atoms with Gasteiger partial charge in [0.25, 0.3) is 0 Å². The number of hydrogen-bond donors (Lipinski definition) is 1. The van der Waals surface area contributed by atoms with E-state index in [4.69, 9.17) is 9.47 Å². The number of ether oxygens (including phenoxy) is 2. The maximum absolute atomic E-state index is 12.2. The van der Waals surface area contributed by atoms with Crippen LogP contribution in [-0.4, -0.2) is 37.2 Å². The Labute approximate surface area is 150 Å². The lowest BCUT2D eigenvalue weighted by molar-refractivity contribution is -0.116. The molecule has 130 valence electrons. The van der Waals surface area contributed by atoms with Gasteiger partial charge in [-0.05, 0) is 52.6 Å². The van der Waals surface area contributed by atoms with Crippen molar-refractivity contribution in [2.75, 3.05) is 26.4 Å². The number of thiophene rings is 1. The third kappa shape index (κ3) is 3.70. The molecule has 1 amide bonds.